The first-order chi connectivity index (χ1) is 10.9. The Hall–Kier alpha value is 0.426. The van der Waals surface area contributed by atoms with Crippen molar-refractivity contribution >= 4 is 5.97 Å². The molecule has 0 radical (unpaired) electrons. The predicted octanol–water partition coefficient (Wildman–Crippen LogP) is -3.33. The molecule has 0 aliphatic heterocycles. The maximum absolute atomic E-state index is 11.1. The first-order valence-electron chi connectivity index (χ1n) is 8.16. The average molecular weight is 367 g/mol. The van der Waals surface area contributed by atoms with Gasteiger partial charge in [-0.2, -0.15) is 0 Å². The fourth-order valence-electron chi connectivity index (χ4n) is 2.10. The molecule has 0 rings (SSSR count). The molecule has 0 saturated heterocycles. The summed E-state index contributed by atoms with van der Waals surface area (Å²) in [6.45, 7) is 7.02. The second-order valence-corrected chi connectivity index (χ2v) is 5.61. The Morgan fingerprint density at radius 3 is 2.21 bits per heavy atom. The molecule has 0 heterocycles. The number of carbonyl (C=O) groups is 1. The molecule has 0 saturated carbocycles. The SMILES string of the molecule is C/C=C/CC(O)CNCCN(CC(O)C/C=C/C)C(C)C(=O)[O-].[K+]. The normalized spacial score (nSPS) is 15.6. The third-order valence-corrected chi connectivity index (χ3v) is 3.58. The number of aliphatic hydroxyl groups excluding tert-OH is 2. The molecule has 3 unspecified atom stereocenters. The van der Waals surface area contributed by atoms with E-state index in [0.29, 0.717) is 32.5 Å². The van der Waals surface area contributed by atoms with Crippen LogP contribution in [0.1, 0.15) is 33.6 Å². The molecular formula is C17H31KN2O4. The molecule has 0 fully saturated rings. The van der Waals surface area contributed by atoms with Gasteiger partial charge in [-0.25, -0.2) is 0 Å². The summed E-state index contributed by atoms with van der Waals surface area (Å²) in [5, 5.41) is 33.8. The van der Waals surface area contributed by atoms with Crippen LogP contribution in [0.2, 0.25) is 0 Å². The Morgan fingerprint density at radius 1 is 1.17 bits per heavy atom. The van der Waals surface area contributed by atoms with Gasteiger partial charge < -0.3 is 25.4 Å². The van der Waals surface area contributed by atoms with Crippen LogP contribution in [-0.4, -0.2) is 65.5 Å². The number of nitrogens with one attached hydrogen (secondary N) is 1. The van der Waals surface area contributed by atoms with Crippen LogP contribution < -0.4 is 61.8 Å². The van der Waals surface area contributed by atoms with E-state index in [1.165, 1.54) is 0 Å². The quantitative estimate of drug-likeness (QED) is 0.179. The standard InChI is InChI=1S/C17H32N2O4.K/c1-4-6-8-15(20)12-18-10-11-19(14(3)17(22)23)13-16(21)9-7-5-2;/h4-7,14-16,18,20-21H,8-13H2,1-3H3,(H,22,23);/q;+1/p-1/b6-4+,7-5+;. The fourth-order valence-corrected chi connectivity index (χ4v) is 2.10. The maximum atomic E-state index is 11.1. The van der Waals surface area contributed by atoms with E-state index in [9.17, 15) is 20.1 Å². The summed E-state index contributed by atoms with van der Waals surface area (Å²) in [5.41, 5.74) is 0. The van der Waals surface area contributed by atoms with Gasteiger partial charge in [-0.1, -0.05) is 24.3 Å². The van der Waals surface area contributed by atoms with Crippen molar-refractivity contribution < 1.29 is 71.5 Å². The summed E-state index contributed by atoms with van der Waals surface area (Å²) in [6.07, 6.45) is 7.48. The topological polar surface area (TPSA) is 95.9 Å². The van der Waals surface area contributed by atoms with Crippen LogP contribution in [-0.2, 0) is 4.79 Å². The van der Waals surface area contributed by atoms with Crippen molar-refractivity contribution in [3.05, 3.63) is 24.3 Å². The third kappa shape index (κ3) is 13.7. The van der Waals surface area contributed by atoms with Crippen LogP contribution in [0.4, 0.5) is 0 Å². The monoisotopic (exact) mass is 366 g/mol. The number of carbonyl (C=O) groups excluding carboxylic acids is 1. The van der Waals surface area contributed by atoms with Gasteiger partial charge in [-0.15, -0.1) is 0 Å². The zero-order valence-electron chi connectivity index (χ0n) is 15.4. The minimum Gasteiger partial charge on any atom is -0.548 e. The molecule has 134 valence electrons. The molecule has 0 amide bonds. The Bertz CT molecular complexity index is 378. The summed E-state index contributed by atoms with van der Waals surface area (Å²) < 4.78 is 0. The Balaban J connectivity index is 0. The van der Waals surface area contributed by atoms with Crippen molar-refractivity contribution in [3.63, 3.8) is 0 Å². The fraction of sp³-hybridized carbons (Fsp3) is 0.706. The molecule has 0 aromatic rings. The van der Waals surface area contributed by atoms with E-state index < -0.39 is 24.2 Å². The number of hydrogen-bond donors (Lipinski definition) is 3. The molecule has 6 nitrogen and oxygen atoms in total. The number of aliphatic hydroxyl groups is 2. The second kappa shape index (κ2) is 16.9. The van der Waals surface area contributed by atoms with Gasteiger partial charge in [0.05, 0.1) is 18.2 Å². The van der Waals surface area contributed by atoms with Crippen LogP contribution in [0.25, 0.3) is 0 Å². The molecule has 0 aromatic carbocycles. The van der Waals surface area contributed by atoms with E-state index >= 15 is 0 Å². The molecule has 3 atom stereocenters. The van der Waals surface area contributed by atoms with E-state index in [1.807, 2.05) is 38.2 Å². The van der Waals surface area contributed by atoms with Gasteiger partial charge in [-0.3, -0.25) is 4.90 Å². The van der Waals surface area contributed by atoms with Crippen molar-refractivity contribution in [1.29, 1.82) is 0 Å². The second-order valence-electron chi connectivity index (χ2n) is 5.61. The smallest absolute Gasteiger partial charge is 0.548 e. The van der Waals surface area contributed by atoms with E-state index in [4.69, 9.17) is 0 Å². The third-order valence-electron chi connectivity index (χ3n) is 3.58. The summed E-state index contributed by atoms with van der Waals surface area (Å²) in [5.74, 6) is -1.16. The summed E-state index contributed by atoms with van der Waals surface area (Å²) in [4.78, 5) is 12.8. The minimum absolute atomic E-state index is 0. The number of nitrogens with zero attached hydrogens (tertiary/aromatic N) is 1. The van der Waals surface area contributed by atoms with Crippen molar-refractivity contribution in [2.45, 2.75) is 51.9 Å². The number of aliphatic carboxylic acids is 1. The summed E-state index contributed by atoms with van der Waals surface area (Å²) in [6, 6.07) is -0.773. The van der Waals surface area contributed by atoms with Crippen molar-refractivity contribution in [1.82, 2.24) is 10.2 Å². The molecular weight excluding hydrogens is 335 g/mol. The molecule has 0 spiro atoms. The van der Waals surface area contributed by atoms with Gasteiger partial charge in [0.2, 0.25) is 0 Å². The number of allylic oxidation sites excluding steroid dienone is 2. The van der Waals surface area contributed by atoms with Crippen LogP contribution in [0.5, 0.6) is 0 Å². The first kappa shape index (κ1) is 26.7. The van der Waals surface area contributed by atoms with E-state index in [1.54, 1.807) is 11.8 Å². The van der Waals surface area contributed by atoms with Gasteiger partial charge in [0, 0.05) is 32.2 Å². The maximum Gasteiger partial charge on any atom is 1.00 e. The van der Waals surface area contributed by atoms with Gasteiger partial charge in [-0.05, 0) is 33.6 Å². The van der Waals surface area contributed by atoms with Gasteiger partial charge in [0.1, 0.15) is 0 Å². The minimum atomic E-state index is -1.16. The Morgan fingerprint density at radius 2 is 1.71 bits per heavy atom. The summed E-state index contributed by atoms with van der Waals surface area (Å²) in [7, 11) is 0. The van der Waals surface area contributed by atoms with E-state index in [0.717, 1.165) is 0 Å². The average Bonchev–Trinajstić information content (AvgIpc) is 2.52. The number of rotatable bonds is 13. The van der Waals surface area contributed by atoms with Gasteiger partial charge in [0.15, 0.2) is 0 Å². The first-order valence-corrected chi connectivity index (χ1v) is 8.16. The predicted molar refractivity (Wildman–Crippen MR) is 89.8 cm³/mol. The molecule has 0 aromatic heterocycles. The van der Waals surface area contributed by atoms with Gasteiger partial charge >= 0.3 is 51.4 Å². The van der Waals surface area contributed by atoms with Crippen molar-refractivity contribution in [2.75, 3.05) is 26.2 Å². The van der Waals surface area contributed by atoms with Crippen LogP contribution in [0.3, 0.4) is 0 Å². The Labute approximate surface area is 188 Å². The molecule has 7 heteroatoms. The number of carboxylic acids is 1. The van der Waals surface area contributed by atoms with Crippen LogP contribution >= 0.6 is 0 Å². The molecule has 24 heavy (non-hydrogen) atoms. The molecule has 3 N–H and O–H groups in total. The molecule has 0 aliphatic rings. The largest absolute Gasteiger partial charge is 1.00 e. The summed E-state index contributed by atoms with van der Waals surface area (Å²) >= 11 is 0. The van der Waals surface area contributed by atoms with Crippen molar-refractivity contribution in [3.8, 4) is 0 Å². The molecule has 0 aliphatic carbocycles. The Kier molecular flexibility index (Phi) is 18.7. The number of carboxylic acid groups (broad SMARTS) is 1. The van der Waals surface area contributed by atoms with E-state index in [-0.39, 0.29) is 57.9 Å². The number of hydrogen-bond acceptors (Lipinski definition) is 6. The van der Waals surface area contributed by atoms with Crippen LogP contribution in [0.15, 0.2) is 24.3 Å². The zero-order valence-corrected chi connectivity index (χ0v) is 18.6. The van der Waals surface area contributed by atoms with Crippen molar-refractivity contribution in [2.24, 2.45) is 0 Å². The zero-order chi connectivity index (χ0) is 17.7. The van der Waals surface area contributed by atoms with Gasteiger partial charge in [0.25, 0.3) is 0 Å². The van der Waals surface area contributed by atoms with Crippen LogP contribution in [0, 0.1) is 0 Å². The molecule has 0 bridgehead atoms. The van der Waals surface area contributed by atoms with E-state index in [2.05, 4.69) is 5.32 Å².